The van der Waals surface area contributed by atoms with Crippen molar-refractivity contribution in [1.29, 1.82) is 0 Å². The van der Waals surface area contributed by atoms with Crippen molar-refractivity contribution < 1.29 is 17.9 Å². The Balaban J connectivity index is 2.34. The van der Waals surface area contributed by atoms with Gasteiger partial charge in [0.2, 0.25) is 0 Å². The number of amides is 1. The maximum Gasteiger partial charge on any atom is 0.263 e. The van der Waals surface area contributed by atoms with Crippen molar-refractivity contribution in [3.8, 4) is 5.75 Å². The number of hydrogen-bond donors (Lipinski definition) is 0. The fraction of sp³-hybridized carbons (Fsp3) is 0.500. The molecule has 1 heterocycles. The molecule has 0 N–H and O–H groups in total. The third kappa shape index (κ3) is 3.49. The van der Waals surface area contributed by atoms with Gasteiger partial charge in [0.05, 0.1) is 4.90 Å². The van der Waals surface area contributed by atoms with Crippen molar-refractivity contribution in [3.05, 3.63) is 23.8 Å². The molecule has 1 atom stereocenters. The summed E-state index contributed by atoms with van der Waals surface area (Å²) >= 11 is 0. The van der Waals surface area contributed by atoms with Crippen LogP contribution in [0.1, 0.15) is 31.7 Å². The topological polar surface area (TPSA) is 63.7 Å². The first-order valence-electron chi connectivity index (χ1n) is 6.70. The van der Waals surface area contributed by atoms with Crippen LogP contribution in [0.2, 0.25) is 0 Å². The molecule has 5 nitrogen and oxygen atoms in total. The standard InChI is InChI=1S/C14H18ClNO4S/c1-9(2)11-8-10(21(15,18)19)4-5-12(11)20-13-6-7-16(3)14(13)17/h4-5,8-9,13H,6-7H2,1-3H3. The molecule has 0 bridgehead atoms. The van der Waals surface area contributed by atoms with Crippen LogP contribution in [0.4, 0.5) is 0 Å². The molecule has 1 aliphatic heterocycles. The number of carbonyl (C=O) groups excluding carboxylic acids is 1. The van der Waals surface area contributed by atoms with Crippen molar-refractivity contribution in [2.75, 3.05) is 13.6 Å². The lowest BCUT2D eigenvalue weighted by molar-refractivity contribution is -0.132. The SMILES string of the molecule is CC(C)c1cc(S(=O)(=O)Cl)ccc1OC1CCN(C)C1=O. The number of likely N-dealkylation sites (N-methyl/N-ethyl adjacent to an activating group) is 1. The second kappa shape index (κ2) is 5.85. The van der Waals surface area contributed by atoms with E-state index < -0.39 is 15.2 Å². The Bertz CT molecular complexity index is 657. The van der Waals surface area contributed by atoms with E-state index in [4.69, 9.17) is 15.4 Å². The fourth-order valence-electron chi connectivity index (χ4n) is 2.29. The Kier molecular flexibility index (Phi) is 4.49. The van der Waals surface area contributed by atoms with Crippen LogP contribution < -0.4 is 4.74 Å². The lowest BCUT2D eigenvalue weighted by Gasteiger charge is -2.18. The van der Waals surface area contributed by atoms with Crippen LogP contribution in [-0.2, 0) is 13.8 Å². The van der Waals surface area contributed by atoms with E-state index in [1.54, 1.807) is 18.0 Å². The summed E-state index contributed by atoms with van der Waals surface area (Å²) in [4.78, 5) is 13.6. The van der Waals surface area contributed by atoms with Gasteiger partial charge in [0, 0.05) is 30.7 Å². The molecule has 0 spiro atoms. The molecule has 7 heteroatoms. The van der Waals surface area contributed by atoms with E-state index in [-0.39, 0.29) is 16.7 Å². The number of likely N-dealkylation sites (tertiary alicyclic amines) is 1. The van der Waals surface area contributed by atoms with Crippen molar-refractivity contribution in [3.63, 3.8) is 0 Å². The molecule has 0 radical (unpaired) electrons. The zero-order valence-electron chi connectivity index (χ0n) is 12.2. The Hall–Kier alpha value is -1.27. The third-order valence-corrected chi connectivity index (χ3v) is 4.88. The predicted octanol–water partition coefficient (Wildman–Crippen LogP) is 2.35. The summed E-state index contributed by atoms with van der Waals surface area (Å²) in [6.07, 6.45) is 0.119. The van der Waals surface area contributed by atoms with Gasteiger partial charge in [0.25, 0.3) is 15.0 Å². The van der Waals surface area contributed by atoms with Gasteiger partial charge in [-0.1, -0.05) is 13.8 Å². The van der Waals surface area contributed by atoms with E-state index in [0.717, 1.165) is 5.56 Å². The number of hydrogen-bond acceptors (Lipinski definition) is 4. The lowest BCUT2D eigenvalue weighted by Crippen LogP contribution is -2.29. The van der Waals surface area contributed by atoms with Crippen molar-refractivity contribution >= 4 is 25.6 Å². The van der Waals surface area contributed by atoms with Gasteiger partial charge < -0.3 is 9.64 Å². The Morgan fingerprint density at radius 2 is 2.05 bits per heavy atom. The van der Waals surface area contributed by atoms with Crippen LogP contribution in [-0.4, -0.2) is 38.9 Å². The Labute approximate surface area is 129 Å². The van der Waals surface area contributed by atoms with Gasteiger partial charge in [-0.25, -0.2) is 8.42 Å². The maximum absolute atomic E-state index is 11.9. The summed E-state index contributed by atoms with van der Waals surface area (Å²) in [5.74, 6) is 0.522. The highest BCUT2D eigenvalue weighted by Gasteiger charge is 2.31. The van der Waals surface area contributed by atoms with Crippen LogP contribution >= 0.6 is 10.7 Å². The minimum atomic E-state index is -3.78. The normalized spacial score (nSPS) is 19.4. The third-order valence-electron chi connectivity index (χ3n) is 3.53. The van der Waals surface area contributed by atoms with Gasteiger partial charge in [-0.05, 0) is 29.7 Å². The fourth-order valence-corrected chi connectivity index (χ4v) is 3.08. The molecule has 21 heavy (non-hydrogen) atoms. The van der Waals surface area contributed by atoms with E-state index in [0.29, 0.717) is 18.7 Å². The van der Waals surface area contributed by atoms with Crippen LogP contribution in [0.25, 0.3) is 0 Å². The summed E-state index contributed by atoms with van der Waals surface area (Å²) < 4.78 is 28.6. The van der Waals surface area contributed by atoms with Gasteiger partial charge in [-0.2, -0.15) is 0 Å². The van der Waals surface area contributed by atoms with Crippen molar-refractivity contribution in [2.24, 2.45) is 0 Å². The van der Waals surface area contributed by atoms with Gasteiger partial charge in [-0.3, -0.25) is 4.79 Å². The second-order valence-corrected chi connectivity index (χ2v) is 8.01. The Morgan fingerprint density at radius 3 is 2.52 bits per heavy atom. The molecule has 1 amide bonds. The van der Waals surface area contributed by atoms with Gasteiger partial charge in [-0.15, -0.1) is 0 Å². The minimum absolute atomic E-state index is 0.0371. The van der Waals surface area contributed by atoms with Crippen LogP contribution in [0, 0.1) is 0 Å². The first-order chi connectivity index (χ1) is 9.70. The molecule has 1 fully saturated rings. The molecule has 1 aliphatic rings. The number of nitrogens with zero attached hydrogens (tertiary/aromatic N) is 1. The molecule has 1 unspecified atom stereocenters. The quantitative estimate of drug-likeness (QED) is 0.794. The first kappa shape index (κ1) is 16.1. The summed E-state index contributed by atoms with van der Waals surface area (Å²) in [6.45, 7) is 4.51. The van der Waals surface area contributed by atoms with E-state index in [9.17, 15) is 13.2 Å². The van der Waals surface area contributed by atoms with Crippen LogP contribution in [0.15, 0.2) is 23.1 Å². The molecule has 2 rings (SSSR count). The van der Waals surface area contributed by atoms with Crippen molar-refractivity contribution in [1.82, 2.24) is 4.90 Å². The zero-order valence-corrected chi connectivity index (χ0v) is 13.7. The molecule has 0 aromatic heterocycles. The molecular formula is C14H18ClNO4S. The second-order valence-electron chi connectivity index (χ2n) is 5.45. The first-order valence-corrected chi connectivity index (χ1v) is 9.01. The molecule has 0 saturated carbocycles. The summed E-state index contributed by atoms with van der Waals surface area (Å²) in [7, 11) is 3.32. The number of halogens is 1. The lowest BCUT2D eigenvalue weighted by atomic mass is 10.0. The van der Waals surface area contributed by atoms with E-state index in [1.165, 1.54) is 12.1 Å². The molecule has 1 saturated heterocycles. The van der Waals surface area contributed by atoms with Crippen LogP contribution in [0.3, 0.4) is 0 Å². The number of carbonyl (C=O) groups is 1. The van der Waals surface area contributed by atoms with E-state index in [2.05, 4.69) is 0 Å². The molecular weight excluding hydrogens is 314 g/mol. The highest BCUT2D eigenvalue weighted by molar-refractivity contribution is 8.13. The molecule has 1 aromatic rings. The summed E-state index contributed by atoms with van der Waals surface area (Å²) in [5, 5.41) is 0. The van der Waals surface area contributed by atoms with E-state index in [1.807, 2.05) is 13.8 Å². The smallest absolute Gasteiger partial charge is 0.263 e. The monoisotopic (exact) mass is 331 g/mol. The maximum atomic E-state index is 11.9. The molecule has 0 aliphatic carbocycles. The number of benzene rings is 1. The number of ether oxygens (including phenoxy) is 1. The van der Waals surface area contributed by atoms with Gasteiger partial charge in [0.15, 0.2) is 6.10 Å². The Morgan fingerprint density at radius 1 is 1.38 bits per heavy atom. The highest BCUT2D eigenvalue weighted by Crippen LogP contribution is 2.32. The highest BCUT2D eigenvalue weighted by atomic mass is 35.7. The van der Waals surface area contributed by atoms with E-state index >= 15 is 0 Å². The average Bonchev–Trinajstić information content (AvgIpc) is 2.69. The van der Waals surface area contributed by atoms with Gasteiger partial charge in [0.1, 0.15) is 5.75 Å². The zero-order chi connectivity index (χ0) is 15.8. The molecule has 116 valence electrons. The van der Waals surface area contributed by atoms with Gasteiger partial charge >= 0.3 is 0 Å². The summed E-state index contributed by atoms with van der Waals surface area (Å²) in [5.41, 5.74) is 0.721. The van der Waals surface area contributed by atoms with Crippen molar-refractivity contribution in [2.45, 2.75) is 37.2 Å². The predicted molar refractivity (Wildman–Crippen MR) is 80.2 cm³/mol. The van der Waals surface area contributed by atoms with Crippen LogP contribution in [0.5, 0.6) is 5.75 Å². The summed E-state index contributed by atoms with van der Waals surface area (Å²) in [6, 6.07) is 4.47. The molecule has 1 aromatic carbocycles. The minimum Gasteiger partial charge on any atom is -0.480 e. The number of rotatable bonds is 4. The average molecular weight is 332 g/mol. The largest absolute Gasteiger partial charge is 0.480 e.